The van der Waals surface area contributed by atoms with Crippen LogP contribution in [0.5, 0.6) is 0 Å². The number of amides is 1. The Balaban J connectivity index is 1.93. The number of nitrogens with one attached hydrogen (secondary N) is 1. The average Bonchev–Trinajstić information content (AvgIpc) is 2.96. The summed E-state index contributed by atoms with van der Waals surface area (Å²) in [4.78, 5) is 25.7. The van der Waals surface area contributed by atoms with E-state index in [1.54, 1.807) is 6.92 Å². The van der Waals surface area contributed by atoms with Crippen LogP contribution in [0, 0.1) is 25.7 Å². The van der Waals surface area contributed by atoms with Gasteiger partial charge in [0, 0.05) is 11.7 Å². The van der Waals surface area contributed by atoms with Gasteiger partial charge in [0.05, 0.1) is 17.9 Å². The van der Waals surface area contributed by atoms with E-state index in [0.717, 1.165) is 35.4 Å². The second kappa shape index (κ2) is 9.50. The number of rotatable bonds is 6. The van der Waals surface area contributed by atoms with Crippen LogP contribution in [0.3, 0.4) is 0 Å². The normalized spacial score (nSPS) is 21.3. The zero-order chi connectivity index (χ0) is 21.8. The van der Waals surface area contributed by atoms with Gasteiger partial charge in [-0.2, -0.15) is 0 Å². The number of esters is 1. The highest BCUT2D eigenvalue weighted by atomic mass is 16.5. The standard InChI is InChI=1S/C25H34N2O3/c1-6-30-25(29)23-18(4)24(20-12-8-7-9-13-20)27(19(23)5)15-22(28)26-21-14-10-11-16(2)17(21)3/h7-9,12-13,16-17,21H,6,10-11,14-15H2,1-5H3,(H,26,28)/t16-,17+,21+/m1/s1. The molecule has 0 bridgehead atoms. The molecule has 2 aromatic rings. The monoisotopic (exact) mass is 410 g/mol. The van der Waals surface area contributed by atoms with Crippen molar-refractivity contribution in [3.63, 3.8) is 0 Å². The summed E-state index contributed by atoms with van der Waals surface area (Å²) in [5, 5.41) is 3.26. The van der Waals surface area contributed by atoms with Crippen LogP contribution < -0.4 is 5.32 Å². The van der Waals surface area contributed by atoms with E-state index >= 15 is 0 Å². The summed E-state index contributed by atoms with van der Waals surface area (Å²) in [5.41, 5.74) is 4.07. The topological polar surface area (TPSA) is 60.3 Å². The molecule has 0 saturated heterocycles. The number of hydrogen-bond donors (Lipinski definition) is 1. The molecule has 0 spiro atoms. The molecule has 0 aliphatic heterocycles. The molecule has 1 aromatic carbocycles. The fourth-order valence-corrected chi connectivity index (χ4v) is 4.75. The predicted molar refractivity (Wildman–Crippen MR) is 119 cm³/mol. The van der Waals surface area contributed by atoms with Gasteiger partial charge in [-0.05, 0) is 50.2 Å². The number of nitrogens with zero attached hydrogens (tertiary/aromatic N) is 1. The van der Waals surface area contributed by atoms with Gasteiger partial charge in [-0.3, -0.25) is 4.79 Å². The zero-order valence-electron chi connectivity index (χ0n) is 18.8. The molecule has 0 radical (unpaired) electrons. The van der Waals surface area contributed by atoms with Gasteiger partial charge in [0.2, 0.25) is 5.91 Å². The molecule has 5 heteroatoms. The van der Waals surface area contributed by atoms with Gasteiger partial charge in [0.1, 0.15) is 6.54 Å². The lowest BCUT2D eigenvalue weighted by atomic mass is 9.78. The quantitative estimate of drug-likeness (QED) is 0.690. The van der Waals surface area contributed by atoms with Crippen molar-refractivity contribution >= 4 is 11.9 Å². The minimum atomic E-state index is -0.335. The van der Waals surface area contributed by atoms with E-state index in [4.69, 9.17) is 4.74 Å². The van der Waals surface area contributed by atoms with E-state index in [2.05, 4.69) is 19.2 Å². The van der Waals surface area contributed by atoms with Crippen molar-refractivity contribution < 1.29 is 14.3 Å². The molecule has 0 unspecified atom stereocenters. The lowest BCUT2D eigenvalue weighted by molar-refractivity contribution is -0.123. The molecule has 1 saturated carbocycles. The Hall–Kier alpha value is -2.56. The van der Waals surface area contributed by atoms with Crippen molar-refractivity contribution in [1.29, 1.82) is 0 Å². The third kappa shape index (κ3) is 4.45. The first kappa shape index (κ1) is 22.1. The third-order valence-electron chi connectivity index (χ3n) is 6.65. The van der Waals surface area contributed by atoms with Gasteiger partial charge >= 0.3 is 5.97 Å². The third-order valence-corrected chi connectivity index (χ3v) is 6.65. The molecule has 162 valence electrons. The van der Waals surface area contributed by atoms with Crippen LogP contribution in [-0.4, -0.2) is 29.1 Å². The predicted octanol–water partition coefficient (Wildman–Crippen LogP) is 4.89. The summed E-state index contributed by atoms with van der Waals surface area (Å²) in [5.74, 6) is 0.749. The van der Waals surface area contributed by atoms with E-state index in [1.807, 2.05) is 48.7 Å². The van der Waals surface area contributed by atoms with Crippen molar-refractivity contribution in [2.24, 2.45) is 11.8 Å². The number of aromatic nitrogens is 1. The van der Waals surface area contributed by atoms with Crippen LogP contribution in [0.15, 0.2) is 30.3 Å². The van der Waals surface area contributed by atoms with E-state index in [1.165, 1.54) is 6.42 Å². The summed E-state index contributed by atoms with van der Waals surface area (Å²) in [6, 6.07) is 10.1. The van der Waals surface area contributed by atoms with Gasteiger partial charge in [-0.25, -0.2) is 4.79 Å². The van der Waals surface area contributed by atoms with E-state index in [0.29, 0.717) is 24.0 Å². The molecule has 3 rings (SSSR count). The maximum atomic E-state index is 13.0. The highest BCUT2D eigenvalue weighted by Gasteiger charge is 2.29. The molecule has 1 N–H and O–H groups in total. The van der Waals surface area contributed by atoms with Crippen LogP contribution in [0.25, 0.3) is 11.3 Å². The summed E-state index contributed by atoms with van der Waals surface area (Å²) >= 11 is 0. The van der Waals surface area contributed by atoms with Crippen LogP contribution in [-0.2, 0) is 16.1 Å². The van der Waals surface area contributed by atoms with Crippen molar-refractivity contribution in [3.05, 3.63) is 47.2 Å². The van der Waals surface area contributed by atoms with E-state index in [-0.39, 0.29) is 24.5 Å². The Morgan fingerprint density at radius 2 is 1.83 bits per heavy atom. The molecule has 1 aliphatic carbocycles. The summed E-state index contributed by atoms with van der Waals surface area (Å²) < 4.78 is 7.25. The first-order chi connectivity index (χ1) is 14.3. The van der Waals surface area contributed by atoms with Gasteiger partial charge < -0.3 is 14.6 Å². The SMILES string of the molecule is CCOC(=O)c1c(C)c(-c2ccccc2)n(CC(=O)N[C@H]2CCC[C@@H](C)[C@@H]2C)c1C. The van der Waals surface area contributed by atoms with Crippen molar-refractivity contribution in [3.8, 4) is 11.3 Å². The smallest absolute Gasteiger partial charge is 0.340 e. The van der Waals surface area contributed by atoms with Crippen molar-refractivity contribution in [1.82, 2.24) is 9.88 Å². The summed E-state index contributed by atoms with van der Waals surface area (Å²) in [7, 11) is 0. The van der Waals surface area contributed by atoms with Crippen LogP contribution >= 0.6 is 0 Å². The number of ether oxygens (including phenoxy) is 1. The number of hydrogen-bond acceptors (Lipinski definition) is 3. The van der Waals surface area contributed by atoms with Crippen LogP contribution in [0.4, 0.5) is 0 Å². The highest BCUT2D eigenvalue weighted by Crippen LogP contribution is 2.32. The Morgan fingerprint density at radius 3 is 2.50 bits per heavy atom. The fraction of sp³-hybridized carbons (Fsp3) is 0.520. The highest BCUT2D eigenvalue weighted by molar-refractivity contribution is 5.95. The minimum absolute atomic E-state index is 0.00774. The molecule has 1 aromatic heterocycles. The Bertz CT molecular complexity index is 901. The number of carbonyl (C=O) groups excluding carboxylic acids is 2. The lowest BCUT2D eigenvalue weighted by Crippen LogP contribution is -2.44. The lowest BCUT2D eigenvalue weighted by Gasteiger charge is -2.34. The molecule has 1 amide bonds. The molecule has 3 atom stereocenters. The molecule has 5 nitrogen and oxygen atoms in total. The second-order valence-electron chi connectivity index (χ2n) is 8.55. The van der Waals surface area contributed by atoms with Gasteiger partial charge in [-0.1, -0.05) is 57.0 Å². The van der Waals surface area contributed by atoms with Crippen LogP contribution in [0.1, 0.15) is 61.6 Å². The minimum Gasteiger partial charge on any atom is -0.462 e. The van der Waals surface area contributed by atoms with E-state index < -0.39 is 0 Å². The van der Waals surface area contributed by atoms with Gasteiger partial charge in [-0.15, -0.1) is 0 Å². The van der Waals surface area contributed by atoms with E-state index in [9.17, 15) is 9.59 Å². The molecule has 1 heterocycles. The second-order valence-corrected chi connectivity index (χ2v) is 8.55. The van der Waals surface area contributed by atoms with Crippen LogP contribution in [0.2, 0.25) is 0 Å². The summed E-state index contributed by atoms with van der Waals surface area (Å²) in [6.07, 6.45) is 3.41. The van der Waals surface area contributed by atoms with Gasteiger partial charge in [0.15, 0.2) is 0 Å². The van der Waals surface area contributed by atoms with Gasteiger partial charge in [0.25, 0.3) is 0 Å². The number of benzene rings is 1. The first-order valence-electron chi connectivity index (χ1n) is 11.1. The Morgan fingerprint density at radius 1 is 1.13 bits per heavy atom. The molecular weight excluding hydrogens is 376 g/mol. The summed E-state index contributed by atoms with van der Waals surface area (Å²) in [6.45, 7) is 10.6. The largest absolute Gasteiger partial charge is 0.462 e. The number of carbonyl (C=O) groups is 2. The molecule has 30 heavy (non-hydrogen) atoms. The van der Waals surface area contributed by atoms with Crippen molar-refractivity contribution in [2.45, 2.75) is 66.5 Å². The Labute approximate surface area is 179 Å². The molecule has 1 fully saturated rings. The zero-order valence-corrected chi connectivity index (χ0v) is 18.8. The molecular formula is C25H34N2O3. The maximum absolute atomic E-state index is 13.0. The fourth-order valence-electron chi connectivity index (χ4n) is 4.75. The maximum Gasteiger partial charge on any atom is 0.340 e. The average molecular weight is 411 g/mol. The van der Waals surface area contributed by atoms with Crippen molar-refractivity contribution in [2.75, 3.05) is 6.61 Å². The molecule has 1 aliphatic rings. The first-order valence-corrected chi connectivity index (χ1v) is 11.1. The Kier molecular flexibility index (Phi) is 7.01.